The van der Waals surface area contributed by atoms with Crippen LogP contribution in [0.4, 0.5) is 0 Å². The summed E-state index contributed by atoms with van der Waals surface area (Å²) < 4.78 is 10.0. The summed E-state index contributed by atoms with van der Waals surface area (Å²) in [6.45, 7) is 0. The van der Waals surface area contributed by atoms with E-state index in [0.29, 0.717) is 23.6 Å². The summed E-state index contributed by atoms with van der Waals surface area (Å²) >= 11 is 4.01. The minimum Gasteiger partial charge on any atom is -0.481 e. The van der Waals surface area contributed by atoms with Crippen molar-refractivity contribution in [3.8, 4) is 11.8 Å². The average Bonchev–Trinajstić information content (AvgIpc) is 2.37. The van der Waals surface area contributed by atoms with Crippen molar-refractivity contribution in [1.29, 1.82) is 0 Å². The van der Waals surface area contributed by atoms with Gasteiger partial charge in [-0.3, -0.25) is 0 Å². The van der Waals surface area contributed by atoms with Gasteiger partial charge in [0.25, 0.3) is 0 Å². The summed E-state index contributed by atoms with van der Waals surface area (Å²) in [5, 5.41) is 19.7. The smallest absolute Gasteiger partial charge is 0.222 e. The molecule has 17 heavy (non-hydrogen) atoms. The second-order valence-corrected chi connectivity index (χ2v) is 3.92. The lowest BCUT2D eigenvalue weighted by molar-refractivity contribution is 0.0155. The van der Waals surface area contributed by atoms with E-state index in [1.165, 1.54) is 14.2 Å². The van der Waals surface area contributed by atoms with Gasteiger partial charge in [-0.1, -0.05) is 0 Å². The molecule has 6 heteroatoms. The first-order valence-electron chi connectivity index (χ1n) is 5.20. The van der Waals surface area contributed by atoms with Crippen LogP contribution >= 0.6 is 12.6 Å². The molecule has 0 amide bonds. The second kappa shape index (κ2) is 6.68. The Bertz CT molecular complexity index is 361. The lowest BCUT2D eigenvalue weighted by Crippen LogP contribution is -2.19. The van der Waals surface area contributed by atoms with E-state index in [1.807, 2.05) is 0 Å². The van der Waals surface area contributed by atoms with Crippen molar-refractivity contribution in [3.63, 3.8) is 0 Å². The van der Waals surface area contributed by atoms with Crippen LogP contribution < -0.4 is 9.47 Å². The van der Waals surface area contributed by atoms with Gasteiger partial charge in [-0.05, 0) is 18.2 Å². The molecule has 2 unspecified atom stereocenters. The maximum atomic E-state index is 9.95. The largest absolute Gasteiger partial charge is 0.481 e. The Morgan fingerprint density at radius 3 is 2.53 bits per heavy atom. The quantitative estimate of drug-likeness (QED) is 0.660. The number of aromatic nitrogens is 1. The Balaban J connectivity index is 2.96. The Morgan fingerprint density at radius 2 is 2.00 bits per heavy atom. The van der Waals surface area contributed by atoms with E-state index in [1.54, 1.807) is 12.1 Å². The Kier molecular flexibility index (Phi) is 5.54. The van der Waals surface area contributed by atoms with Crippen LogP contribution in [0.1, 0.15) is 18.1 Å². The topological polar surface area (TPSA) is 71.8 Å². The van der Waals surface area contributed by atoms with Gasteiger partial charge >= 0.3 is 0 Å². The zero-order valence-corrected chi connectivity index (χ0v) is 10.7. The van der Waals surface area contributed by atoms with Crippen molar-refractivity contribution in [2.45, 2.75) is 18.6 Å². The highest BCUT2D eigenvalue weighted by Crippen LogP contribution is 2.28. The number of hydrogen-bond acceptors (Lipinski definition) is 6. The number of aliphatic hydroxyl groups is 2. The van der Waals surface area contributed by atoms with Gasteiger partial charge in [0.15, 0.2) is 0 Å². The van der Waals surface area contributed by atoms with E-state index in [-0.39, 0.29) is 5.88 Å². The Morgan fingerprint density at radius 1 is 1.29 bits per heavy atom. The zero-order valence-electron chi connectivity index (χ0n) is 9.83. The van der Waals surface area contributed by atoms with Gasteiger partial charge in [0.1, 0.15) is 6.10 Å². The molecule has 1 rings (SSSR count). The van der Waals surface area contributed by atoms with Crippen LogP contribution in [0.3, 0.4) is 0 Å². The molecule has 5 nitrogen and oxygen atoms in total. The zero-order chi connectivity index (χ0) is 12.8. The molecule has 0 aliphatic heterocycles. The van der Waals surface area contributed by atoms with Gasteiger partial charge < -0.3 is 19.7 Å². The van der Waals surface area contributed by atoms with E-state index in [2.05, 4.69) is 17.6 Å². The molecule has 1 aromatic rings. The highest BCUT2D eigenvalue weighted by molar-refractivity contribution is 7.80. The molecular weight excluding hydrogens is 242 g/mol. The summed E-state index contributed by atoms with van der Waals surface area (Å²) in [6.07, 6.45) is -1.55. The maximum Gasteiger partial charge on any atom is 0.222 e. The molecule has 2 atom stereocenters. The van der Waals surface area contributed by atoms with Crippen molar-refractivity contribution in [2.75, 3.05) is 20.0 Å². The fourth-order valence-corrected chi connectivity index (χ4v) is 1.70. The number of aliphatic hydroxyl groups excluding tert-OH is 2. The molecule has 0 saturated heterocycles. The van der Waals surface area contributed by atoms with Gasteiger partial charge in [-0.2, -0.15) is 17.6 Å². The van der Waals surface area contributed by atoms with Crippen LogP contribution in [0.5, 0.6) is 11.8 Å². The van der Waals surface area contributed by atoms with Crippen LogP contribution in [0, 0.1) is 0 Å². The van der Waals surface area contributed by atoms with Crippen LogP contribution in [-0.4, -0.2) is 41.3 Å². The first-order valence-corrected chi connectivity index (χ1v) is 5.83. The molecule has 0 spiro atoms. The van der Waals surface area contributed by atoms with Crippen LogP contribution in [0.15, 0.2) is 12.1 Å². The molecule has 0 aliphatic carbocycles. The van der Waals surface area contributed by atoms with E-state index in [4.69, 9.17) is 9.47 Å². The average molecular weight is 259 g/mol. The highest BCUT2D eigenvalue weighted by Gasteiger charge is 2.22. The summed E-state index contributed by atoms with van der Waals surface area (Å²) in [6, 6.07) is 3.23. The maximum absolute atomic E-state index is 9.95. The van der Waals surface area contributed by atoms with Crippen LogP contribution in [-0.2, 0) is 0 Å². The Hall–Kier alpha value is -0.980. The number of hydrogen-bond donors (Lipinski definition) is 3. The minimum atomic E-state index is -1.05. The van der Waals surface area contributed by atoms with Crippen molar-refractivity contribution >= 4 is 12.6 Å². The number of thiol groups is 1. The van der Waals surface area contributed by atoms with Crippen LogP contribution in [0.2, 0.25) is 0 Å². The third-order valence-corrected chi connectivity index (χ3v) is 2.63. The molecule has 0 aromatic carbocycles. The van der Waals surface area contributed by atoms with E-state index in [9.17, 15) is 10.2 Å². The molecule has 0 fully saturated rings. The third-order valence-electron chi connectivity index (χ3n) is 2.37. The molecule has 1 heterocycles. The molecule has 1 aromatic heterocycles. The van der Waals surface area contributed by atoms with Gasteiger partial charge in [0, 0.05) is 11.6 Å². The molecule has 0 saturated carbocycles. The minimum absolute atomic E-state index is 0.245. The van der Waals surface area contributed by atoms with E-state index < -0.39 is 12.2 Å². The summed E-state index contributed by atoms with van der Waals surface area (Å²) in [4.78, 5) is 4.04. The summed E-state index contributed by atoms with van der Waals surface area (Å²) in [5.74, 6) is 1.13. The molecular formula is C11H17NO4S. The number of pyridine rings is 1. The Labute approximate surface area is 106 Å². The first-order chi connectivity index (χ1) is 8.13. The van der Waals surface area contributed by atoms with Crippen LogP contribution in [0.25, 0.3) is 0 Å². The molecule has 96 valence electrons. The highest BCUT2D eigenvalue weighted by atomic mass is 32.1. The fourth-order valence-electron chi connectivity index (χ4n) is 1.43. The van der Waals surface area contributed by atoms with E-state index >= 15 is 0 Å². The van der Waals surface area contributed by atoms with Gasteiger partial charge in [-0.15, -0.1) is 0 Å². The normalized spacial score (nSPS) is 14.2. The molecule has 0 aliphatic rings. The van der Waals surface area contributed by atoms with Gasteiger partial charge in [0.2, 0.25) is 11.8 Å². The summed E-state index contributed by atoms with van der Waals surface area (Å²) in [7, 11) is 2.94. The van der Waals surface area contributed by atoms with Gasteiger partial charge in [0.05, 0.1) is 20.3 Å². The third kappa shape index (κ3) is 3.49. The molecule has 0 radical (unpaired) electrons. The SMILES string of the molecule is COc1ccc(C(O)C(O)CCS)c(OC)n1. The predicted molar refractivity (Wildman–Crippen MR) is 66.8 cm³/mol. The monoisotopic (exact) mass is 259 g/mol. The predicted octanol–water partition coefficient (Wildman–Crippen LogP) is 0.813. The standard InChI is InChI=1S/C11H17NO4S/c1-15-9-4-3-7(11(12-9)16-2)10(14)8(13)5-6-17/h3-4,8,10,13-14,17H,5-6H2,1-2H3. The molecule has 2 N–H and O–H groups in total. The van der Waals surface area contributed by atoms with E-state index in [0.717, 1.165) is 0 Å². The van der Waals surface area contributed by atoms with Crippen molar-refractivity contribution in [2.24, 2.45) is 0 Å². The fraction of sp³-hybridized carbons (Fsp3) is 0.545. The molecule has 0 bridgehead atoms. The summed E-state index contributed by atoms with van der Waals surface area (Å²) in [5.41, 5.74) is 0.433. The number of ether oxygens (including phenoxy) is 2. The number of nitrogens with zero attached hydrogens (tertiary/aromatic N) is 1. The first kappa shape index (κ1) is 14.1. The number of rotatable bonds is 6. The lowest BCUT2D eigenvalue weighted by Gasteiger charge is -2.19. The second-order valence-electron chi connectivity index (χ2n) is 3.48. The lowest BCUT2D eigenvalue weighted by atomic mass is 10.0. The van der Waals surface area contributed by atoms with Crippen molar-refractivity contribution < 1.29 is 19.7 Å². The van der Waals surface area contributed by atoms with Crippen molar-refractivity contribution in [1.82, 2.24) is 4.98 Å². The number of methoxy groups -OCH3 is 2. The van der Waals surface area contributed by atoms with Crippen molar-refractivity contribution in [3.05, 3.63) is 17.7 Å². The van der Waals surface area contributed by atoms with Gasteiger partial charge in [-0.25, -0.2) is 0 Å².